The molecule has 1 amide bonds. The van der Waals surface area contributed by atoms with Gasteiger partial charge in [0.25, 0.3) is 5.91 Å². The summed E-state index contributed by atoms with van der Waals surface area (Å²) >= 11 is 0. The standard InChI is InChI=1S/C16H23NO3/c1-4-13-11-20-16(3,5-2)17(13)15(18)12-19-14-9-7-6-8-10-14/h6-10,13H,4-5,11-12H2,1-3H3. The minimum atomic E-state index is -0.502. The summed E-state index contributed by atoms with van der Waals surface area (Å²) in [5.74, 6) is 0.703. The van der Waals surface area contributed by atoms with Crippen molar-refractivity contribution in [2.75, 3.05) is 13.2 Å². The van der Waals surface area contributed by atoms with E-state index in [0.29, 0.717) is 12.4 Å². The van der Waals surface area contributed by atoms with Gasteiger partial charge in [-0.1, -0.05) is 32.0 Å². The van der Waals surface area contributed by atoms with Crippen molar-refractivity contribution in [3.63, 3.8) is 0 Å². The predicted molar refractivity (Wildman–Crippen MR) is 77.5 cm³/mol. The predicted octanol–water partition coefficient (Wildman–Crippen LogP) is 2.83. The Hall–Kier alpha value is -1.55. The van der Waals surface area contributed by atoms with Gasteiger partial charge in [0.1, 0.15) is 11.5 Å². The van der Waals surface area contributed by atoms with Gasteiger partial charge in [-0.2, -0.15) is 0 Å². The van der Waals surface area contributed by atoms with Gasteiger partial charge in [0.2, 0.25) is 0 Å². The lowest BCUT2D eigenvalue weighted by Gasteiger charge is -2.35. The van der Waals surface area contributed by atoms with Gasteiger partial charge in [-0.15, -0.1) is 0 Å². The zero-order valence-electron chi connectivity index (χ0n) is 12.5. The van der Waals surface area contributed by atoms with E-state index in [0.717, 1.165) is 12.8 Å². The van der Waals surface area contributed by atoms with Crippen LogP contribution in [0.25, 0.3) is 0 Å². The molecule has 1 aromatic carbocycles. The molecule has 20 heavy (non-hydrogen) atoms. The molecule has 0 N–H and O–H groups in total. The van der Waals surface area contributed by atoms with Crippen molar-refractivity contribution in [1.82, 2.24) is 4.90 Å². The van der Waals surface area contributed by atoms with Crippen molar-refractivity contribution in [2.45, 2.75) is 45.4 Å². The van der Waals surface area contributed by atoms with Crippen LogP contribution in [0.4, 0.5) is 0 Å². The van der Waals surface area contributed by atoms with E-state index in [1.54, 1.807) is 0 Å². The molecule has 1 aromatic rings. The first-order valence-corrected chi connectivity index (χ1v) is 7.24. The molecule has 0 radical (unpaired) electrons. The Kier molecular flexibility index (Phi) is 4.65. The highest BCUT2D eigenvalue weighted by atomic mass is 16.5. The lowest BCUT2D eigenvalue weighted by Crippen LogP contribution is -2.50. The van der Waals surface area contributed by atoms with Crippen LogP contribution in [0.3, 0.4) is 0 Å². The minimum absolute atomic E-state index is 0.0115. The molecule has 1 heterocycles. The first-order chi connectivity index (χ1) is 9.60. The van der Waals surface area contributed by atoms with Crippen LogP contribution in [0.5, 0.6) is 5.75 Å². The van der Waals surface area contributed by atoms with Gasteiger partial charge in [0.05, 0.1) is 12.6 Å². The third kappa shape index (κ3) is 2.96. The number of ether oxygens (including phenoxy) is 2. The molecule has 0 saturated carbocycles. The zero-order valence-corrected chi connectivity index (χ0v) is 12.5. The molecule has 1 aliphatic rings. The van der Waals surface area contributed by atoms with E-state index < -0.39 is 5.72 Å². The molecule has 110 valence electrons. The van der Waals surface area contributed by atoms with E-state index in [4.69, 9.17) is 9.47 Å². The maximum absolute atomic E-state index is 12.5. The molecule has 0 spiro atoms. The molecule has 2 atom stereocenters. The van der Waals surface area contributed by atoms with Gasteiger partial charge >= 0.3 is 0 Å². The molecule has 1 saturated heterocycles. The summed E-state index contributed by atoms with van der Waals surface area (Å²) in [5.41, 5.74) is -0.502. The van der Waals surface area contributed by atoms with Crippen molar-refractivity contribution < 1.29 is 14.3 Å². The van der Waals surface area contributed by atoms with Gasteiger partial charge in [-0.25, -0.2) is 0 Å². The smallest absolute Gasteiger partial charge is 0.263 e. The second-order valence-corrected chi connectivity index (χ2v) is 5.27. The highest BCUT2D eigenvalue weighted by Crippen LogP contribution is 2.32. The van der Waals surface area contributed by atoms with E-state index >= 15 is 0 Å². The Balaban J connectivity index is 2.02. The summed E-state index contributed by atoms with van der Waals surface area (Å²) in [6.45, 7) is 6.75. The third-order valence-electron chi connectivity index (χ3n) is 3.96. The van der Waals surface area contributed by atoms with Crippen molar-refractivity contribution in [3.8, 4) is 5.75 Å². The summed E-state index contributed by atoms with van der Waals surface area (Å²) in [5, 5.41) is 0. The second kappa shape index (κ2) is 6.27. The monoisotopic (exact) mass is 277 g/mol. The number of benzene rings is 1. The Morgan fingerprint density at radius 1 is 1.40 bits per heavy atom. The fraction of sp³-hybridized carbons (Fsp3) is 0.562. The number of hydrogen-bond donors (Lipinski definition) is 0. The first-order valence-electron chi connectivity index (χ1n) is 7.24. The minimum Gasteiger partial charge on any atom is -0.484 e. The molecule has 4 nitrogen and oxygen atoms in total. The van der Waals surface area contributed by atoms with E-state index in [2.05, 4.69) is 6.92 Å². The number of nitrogens with zero attached hydrogens (tertiary/aromatic N) is 1. The number of para-hydroxylation sites is 1. The van der Waals surface area contributed by atoms with E-state index in [-0.39, 0.29) is 18.6 Å². The average molecular weight is 277 g/mol. The van der Waals surface area contributed by atoms with Crippen molar-refractivity contribution >= 4 is 5.91 Å². The molecule has 4 heteroatoms. The van der Waals surface area contributed by atoms with Gasteiger partial charge < -0.3 is 14.4 Å². The summed E-state index contributed by atoms with van der Waals surface area (Å²) in [6.07, 6.45) is 1.67. The fourth-order valence-corrected chi connectivity index (χ4v) is 2.58. The van der Waals surface area contributed by atoms with E-state index in [1.165, 1.54) is 0 Å². The van der Waals surface area contributed by atoms with Crippen molar-refractivity contribution in [1.29, 1.82) is 0 Å². The fourth-order valence-electron chi connectivity index (χ4n) is 2.58. The maximum Gasteiger partial charge on any atom is 0.263 e. The quantitative estimate of drug-likeness (QED) is 0.830. The van der Waals surface area contributed by atoms with Crippen LogP contribution in [-0.2, 0) is 9.53 Å². The van der Waals surface area contributed by atoms with Crippen LogP contribution in [0.2, 0.25) is 0 Å². The Morgan fingerprint density at radius 3 is 2.70 bits per heavy atom. The second-order valence-electron chi connectivity index (χ2n) is 5.27. The van der Waals surface area contributed by atoms with Crippen LogP contribution in [0.15, 0.2) is 30.3 Å². The van der Waals surface area contributed by atoms with E-state index in [1.807, 2.05) is 49.1 Å². The highest BCUT2D eigenvalue weighted by molar-refractivity contribution is 5.79. The number of hydrogen-bond acceptors (Lipinski definition) is 3. The molecule has 2 rings (SSSR count). The van der Waals surface area contributed by atoms with Crippen LogP contribution < -0.4 is 4.74 Å². The zero-order chi connectivity index (χ0) is 14.6. The molecule has 0 bridgehead atoms. The number of carbonyl (C=O) groups is 1. The van der Waals surface area contributed by atoms with Crippen molar-refractivity contribution in [3.05, 3.63) is 30.3 Å². The normalized spacial score (nSPS) is 25.8. The third-order valence-corrected chi connectivity index (χ3v) is 3.96. The van der Waals surface area contributed by atoms with Gasteiger partial charge in [-0.05, 0) is 31.9 Å². The highest BCUT2D eigenvalue weighted by Gasteiger charge is 2.44. The Bertz CT molecular complexity index is 448. The first kappa shape index (κ1) is 14.9. The lowest BCUT2D eigenvalue weighted by atomic mass is 10.1. The number of rotatable bonds is 5. The van der Waals surface area contributed by atoms with Gasteiger partial charge in [0.15, 0.2) is 6.61 Å². The van der Waals surface area contributed by atoms with Crippen LogP contribution in [0, 0.1) is 0 Å². The number of carbonyl (C=O) groups excluding carboxylic acids is 1. The summed E-state index contributed by atoms with van der Waals surface area (Å²) in [6, 6.07) is 9.55. The SMILES string of the molecule is CCC1COC(C)(CC)N1C(=O)COc1ccccc1. The summed E-state index contributed by atoms with van der Waals surface area (Å²) in [4.78, 5) is 14.3. The average Bonchev–Trinajstić information content (AvgIpc) is 2.83. The van der Waals surface area contributed by atoms with Crippen LogP contribution in [0.1, 0.15) is 33.6 Å². The summed E-state index contributed by atoms with van der Waals surface area (Å²) in [7, 11) is 0. The van der Waals surface area contributed by atoms with Crippen LogP contribution >= 0.6 is 0 Å². The molecule has 1 aliphatic heterocycles. The lowest BCUT2D eigenvalue weighted by molar-refractivity contribution is -0.151. The molecular formula is C16H23NO3. The number of amides is 1. The molecule has 2 unspecified atom stereocenters. The molecule has 0 aromatic heterocycles. The van der Waals surface area contributed by atoms with Gasteiger partial charge in [0, 0.05) is 0 Å². The Morgan fingerprint density at radius 2 is 2.10 bits per heavy atom. The van der Waals surface area contributed by atoms with Crippen molar-refractivity contribution in [2.24, 2.45) is 0 Å². The van der Waals surface area contributed by atoms with Crippen LogP contribution in [-0.4, -0.2) is 35.8 Å². The van der Waals surface area contributed by atoms with E-state index in [9.17, 15) is 4.79 Å². The molecule has 1 fully saturated rings. The Labute approximate surface area is 120 Å². The molecular weight excluding hydrogens is 254 g/mol. The molecule has 0 aliphatic carbocycles. The topological polar surface area (TPSA) is 38.8 Å². The maximum atomic E-state index is 12.5. The van der Waals surface area contributed by atoms with Gasteiger partial charge in [-0.3, -0.25) is 4.79 Å². The largest absolute Gasteiger partial charge is 0.484 e. The summed E-state index contributed by atoms with van der Waals surface area (Å²) < 4.78 is 11.4.